The third-order valence-corrected chi connectivity index (χ3v) is 6.39. The number of esters is 3. The van der Waals surface area contributed by atoms with E-state index in [1.165, 1.54) is 0 Å². The first-order valence-electron chi connectivity index (χ1n) is 12.6. The molecule has 0 bridgehead atoms. The normalized spacial score (nSPS) is 36.1. The topological polar surface area (TPSA) is 208 Å². The lowest BCUT2D eigenvalue weighted by Crippen LogP contribution is -2.65. The number of ether oxygens (including phenoxy) is 6. The summed E-state index contributed by atoms with van der Waals surface area (Å²) in [5, 5.41) is 51.3. The van der Waals surface area contributed by atoms with Gasteiger partial charge in [-0.25, -0.2) is 0 Å². The van der Waals surface area contributed by atoms with Crippen LogP contribution in [0.2, 0.25) is 0 Å². The molecule has 2 fully saturated rings. The summed E-state index contributed by atoms with van der Waals surface area (Å²) in [6.45, 7) is 5.35. The Hall–Kier alpha value is -1.91. The van der Waals surface area contributed by atoms with Crippen LogP contribution in [-0.4, -0.2) is 118 Å². The number of hydrogen-bond acceptors (Lipinski definition) is 14. The van der Waals surface area contributed by atoms with Gasteiger partial charge < -0.3 is 54.0 Å². The third-order valence-electron chi connectivity index (χ3n) is 6.39. The molecular weight excluding hydrogens is 512 g/mol. The largest absolute Gasteiger partial charge is 0.455 e. The van der Waals surface area contributed by atoms with E-state index in [0.29, 0.717) is 6.42 Å². The van der Waals surface area contributed by atoms with Crippen molar-refractivity contribution in [3.63, 3.8) is 0 Å². The second-order valence-corrected chi connectivity index (χ2v) is 9.93. The number of aliphatic hydroxyl groups excluding tert-OH is 5. The van der Waals surface area contributed by atoms with Crippen LogP contribution in [0.3, 0.4) is 0 Å². The molecule has 0 aromatic heterocycles. The van der Waals surface area contributed by atoms with Crippen molar-refractivity contribution < 1.29 is 68.3 Å². The number of carbonyl (C=O) groups excluding carboxylic acids is 3. The highest BCUT2D eigenvalue weighted by molar-refractivity contribution is 5.72. The van der Waals surface area contributed by atoms with Gasteiger partial charge in [-0.15, -0.1) is 0 Å². The molecule has 38 heavy (non-hydrogen) atoms. The molecule has 0 radical (unpaired) electrons. The summed E-state index contributed by atoms with van der Waals surface area (Å²) in [6.07, 6.45) is -12.3. The molecule has 2 rings (SSSR count). The minimum Gasteiger partial charge on any atom is -0.455 e. The lowest BCUT2D eigenvalue weighted by atomic mass is 9.97. The van der Waals surface area contributed by atoms with Crippen molar-refractivity contribution in [2.24, 2.45) is 11.8 Å². The maximum Gasteiger partial charge on any atom is 0.309 e. The monoisotopic (exact) mass is 552 g/mol. The van der Waals surface area contributed by atoms with Gasteiger partial charge in [-0.1, -0.05) is 27.7 Å². The van der Waals surface area contributed by atoms with E-state index in [9.17, 15) is 39.9 Å². The fourth-order valence-corrected chi connectivity index (χ4v) is 4.14. The maximum absolute atomic E-state index is 12.6. The van der Waals surface area contributed by atoms with Gasteiger partial charge in [0.25, 0.3) is 0 Å². The molecule has 5 N–H and O–H groups in total. The fourth-order valence-electron chi connectivity index (χ4n) is 4.14. The van der Waals surface area contributed by atoms with Gasteiger partial charge in [0.1, 0.15) is 31.0 Å². The number of aliphatic hydroxyl groups is 5. The van der Waals surface area contributed by atoms with E-state index in [1.54, 1.807) is 27.7 Å². The minimum absolute atomic E-state index is 0.0447. The molecule has 14 nitrogen and oxygen atoms in total. The van der Waals surface area contributed by atoms with E-state index in [4.69, 9.17) is 28.4 Å². The van der Waals surface area contributed by atoms with Crippen LogP contribution < -0.4 is 0 Å². The highest BCUT2D eigenvalue weighted by atomic mass is 16.8. The summed E-state index contributed by atoms with van der Waals surface area (Å²) in [5.41, 5.74) is 0. The third kappa shape index (κ3) is 7.39. The Kier molecular flexibility index (Phi) is 11.8. The van der Waals surface area contributed by atoms with Crippen molar-refractivity contribution >= 4 is 17.9 Å². The van der Waals surface area contributed by atoms with Crippen LogP contribution in [0.25, 0.3) is 0 Å². The molecule has 1 unspecified atom stereocenters. The highest BCUT2D eigenvalue weighted by Gasteiger charge is 2.62. The second kappa shape index (κ2) is 13.9. The van der Waals surface area contributed by atoms with Crippen LogP contribution >= 0.6 is 0 Å². The fraction of sp³-hybridized carbons (Fsp3) is 0.875. The molecule has 0 aliphatic carbocycles. The first-order valence-corrected chi connectivity index (χ1v) is 12.6. The van der Waals surface area contributed by atoms with Crippen molar-refractivity contribution in [2.75, 3.05) is 19.8 Å². The Balaban J connectivity index is 2.47. The van der Waals surface area contributed by atoms with Crippen molar-refractivity contribution in [3.8, 4) is 0 Å². The zero-order valence-electron chi connectivity index (χ0n) is 22.2. The molecule has 2 aliphatic heterocycles. The van der Waals surface area contributed by atoms with Crippen molar-refractivity contribution in [3.05, 3.63) is 0 Å². The minimum atomic E-state index is -2.34. The molecule has 0 saturated carbocycles. The van der Waals surface area contributed by atoms with Crippen molar-refractivity contribution in [1.29, 1.82) is 0 Å². The molecule has 2 saturated heterocycles. The van der Waals surface area contributed by atoms with Crippen LogP contribution in [0.15, 0.2) is 0 Å². The summed E-state index contributed by atoms with van der Waals surface area (Å²) in [7, 11) is 0. The number of hydrogen-bond donors (Lipinski definition) is 5. The van der Waals surface area contributed by atoms with Gasteiger partial charge in [0.15, 0.2) is 18.3 Å². The van der Waals surface area contributed by atoms with E-state index in [-0.39, 0.29) is 12.3 Å². The highest BCUT2D eigenvalue weighted by Crippen LogP contribution is 2.39. The Morgan fingerprint density at radius 3 is 2.05 bits per heavy atom. The maximum atomic E-state index is 12.6. The first kappa shape index (κ1) is 32.3. The molecule has 10 atom stereocenters. The van der Waals surface area contributed by atoms with Crippen molar-refractivity contribution in [2.45, 2.75) is 102 Å². The number of carbonyl (C=O) groups is 3. The van der Waals surface area contributed by atoms with Gasteiger partial charge in [-0.2, -0.15) is 0 Å². The van der Waals surface area contributed by atoms with Gasteiger partial charge in [-0.05, 0) is 12.3 Å². The summed E-state index contributed by atoms with van der Waals surface area (Å²) in [6, 6.07) is 0. The number of rotatable bonds is 12. The van der Waals surface area contributed by atoms with Gasteiger partial charge in [0.2, 0.25) is 12.1 Å². The lowest BCUT2D eigenvalue weighted by Gasteiger charge is -2.45. The Labute approximate surface area is 220 Å². The van der Waals surface area contributed by atoms with E-state index < -0.39 is 98.5 Å². The lowest BCUT2D eigenvalue weighted by molar-refractivity contribution is -0.384. The van der Waals surface area contributed by atoms with E-state index in [1.807, 2.05) is 0 Å². The zero-order chi connectivity index (χ0) is 28.8. The molecule has 0 aromatic carbocycles. The van der Waals surface area contributed by atoms with Crippen LogP contribution in [0.4, 0.5) is 0 Å². The Bertz CT molecular complexity index is 805. The van der Waals surface area contributed by atoms with Crippen LogP contribution in [0.5, 0.6) is 0 Å². The molecular formula is C24H40O14. The van der Waals surface area contributed by atoms with Gasteiger partial charge >= 0.3 is 17.9 Å². The second-order valence-electron chi connectivity index (χ2n) is 9.93. The predicted molar refractivity (Wildman–Crippen MR) is 125 cm³/mol. The standard InChI is InChI=1S/C24H40O14/c1-6-12(4)22(32)36-19-17(30)14(8-25)34-23(20(19)33-13(5)28)38-24(10-27)21(18(31)15(9-26)37-24)35-16(29)7-11(2)3/h11-12,14-15,17-21,23,25-27,30-31H,6-10H2,1-5H3/t12?,14-,15-,17-,18-,19+,20-,21+,23-,24+/m1/s1. The van der Waals surface area contributed by atoms with Crippen molar-refractivity contribution in [1.82, 2.24) is 0 Å². The average molecular weight is 553 g/mol. The van der Waals surface area contributed by atoms with E-state index in [0.717, 1.165) is 6.92 Å². The summed E-state index contributed by atoms with van der Waals surface area (Å²) in [5.74, 6) is -5.38. The Morgan fingerprint density at radius 1 is 0.921 bits per heavy atom. The quantitative estimate of drug-likeness (QED) is 0.136. The molecule has 14 heteroatoms. The summed E-state index contributed by atoms with van der Waals surface area (Å²) < 4.78 is 33.2. The van der Waals surface area contributed by atoms with E-state index >= 15 is 0 Å². The molecule has 2 aliphatic rings. The SMILES string of the molecule is CCC(C)C(=O)O[C@H]1[C@H](O)[C@@H](CO)O[C@H](O[C@]2(CO)O[C@H](CO)[C@@H](O)[C@@H]2OC(=O)CC(C)C)[C@@H]1OC(C)=O. The summed E-state index contributed by atoms with van der Waals surface area (Å²) in [4.78, 5) is 37.0. The molecule has 2 heterocycles. The van der Waals surface area contributed by atoms with E-state index in [2.05, 4.69) is 0 Å². The first-order chi connectivity index (χ1) is 17.8. The molecule has 0 spiro atoms. The van der Waals surface area contributed by atoms with Crippen LogP contribution in [0.1, 0.15) is 47.5 Å². The van der Waals surface area contributed by atoms with Crippen LogP contribution in [0, 0.1) is 11.8 Å². The zero-order valence-corrected chi connectivity index (χ0v) is 22.2. The summed E-state index contributed by atoms with van der Waals surface area (Å²) >= 11 is 0. The molecule has 220 valence electrons. The molecule has 0 amide bonds. The predicted octanol–water partition coefficient (Wildman–Crippen LogP) is -1.63. The average Bonchev–Trinajstić information content (AvgIpc) is 3.12. The van der Waals surface area contributed by atoms with Gasteiger partial charge in [0, 0.05) is 13.3 Å². The van der Waals surface area contributed by atoms with Gasteiger partial charge in [0.05, 0.1) is 19.1 Å². The smallest absolute Gasteiger partial charge is 0.309 e. The van der Waals surface area contributed by atoms with Gasteiger partial charge in [-0.3, -0.25) is 14.4 Å². The Morgan fingerprint density at radius 2 is 1.55 bits per heavy atom. The molecule has 0 aromatic rings. The van der Waals surface area contributed by atoms with Crippen LogP contribution in [-0.2, 0) is 42.8 Å².